The lowest BCUT2D eigenvalue weighted by atomic mass is 9.83. The van der Waals surface area contributed by atoms with Gasteiger partial charge in [0.1, 0.15) is 0 Å². The fraction of sp³-hybridized carbons (Fsp3) is 0.615. The Kier molecular flexibility index (Phi) is 3.33. The lowest BCUT2D eigenvalue weighted by molar-refractivity contribution is 0.273. The van der Waals surface area contributed by atoms with Crippen LogP contribution in [0.1, 0.15) is 31.6 Å². The Hall–Kier alpha value is -1.69. The molecule has 2 heterocycles. The summed E-state index contributed by atoms with van der Waals surface area (Å²) in [5, 5.41) is 4.00. The van der Waals surface area contributed by atoms with Crippen molar-refractivity contribution < 1.29 is 4.52 Å². The minimum atomic E-state index is 0.261. The van der Waals surface area contributed by atoms with Crippen LogP contribution in [0.4, 0.5) is 0 Å². The van der Waals surface area contributed by atoms with Gasteiger partial charge in [0.05, 0.1) is 0 Å². The number of aromatic nitrogens is 4. The first-order chi connectivity index (χ1) is 9.24. The number of rotatable bonds is 3. The smallest absolute Gasteiger partial charge is 0.238 e. The molecule has 0 radical (unpaired) electrons. The summed E-state index contributed by atoms with van der Waals surface area (Å²) in [7, 11) is 1.91. The van der Waals surface area contributed by atoms with E-state index in [1.807, 2.05) is 17.8 Å². The van der Waals surface area contributed by atoms with E-state index in [2.05, 4.69) is 15.1 Å². The number of nitrogens with zero attached hydrogens (tertiary/aromatic N) is 4. The largest absolute Gasteiger partial charge is 0.339 e. The molecule has 2 aromatic rings. The zero-order chi connectivity index (χ0) is 13.2. The summed E-state index contributed by atoms with van der Waals surface area (Å²) in [6, 6.07) is 0.261. The molecule has 0 spiro atoms. The molecule has 0 aliphatic heterocycles. The minimum Gasteiger partial charge on any atom is -0.339 e. The molecule has 6 heteroatoms. The molecule has 2 unspecified atom stereocenters. The van der Waals surface area contributed by atoms with Gasteiger partial charge in [0.25, 0.3) is 0 Å². The van der Waals surface area contributed by atoms with E-state index < -0.39 is 0 Å². The first-order valence-electron chi connectivity index (χ1n) is 6.80. The van der Waals surface area contributed by atoms with Gasteiger partial charge in [-0.25, -0.2) is 4.98 Å². The second-order valence-corrected chi connectivity index (χ2v) is 5.29. The van der Waals surface area contributed by atoms with Crippen molar-refractivity contribution in [3.8, 4) is 11.6 Å². The van der Waals surface area contributed by atoms with Gasteiger partial charge in [0.15, 0.2) is 5.82 Å². The number of hydrogen-bond acceptors (Lipinski definition) is 5. The van der Waals surface area contributed by atoms with E-state index in [0.717, 1.165) is 25.1 Å². The lowest BCUT2D eigenvalue weighted by Crippen LogP contribution is -2.34. The third-order valence-corrected chi connectivity index (χ3v) is 3.89. The fourth-order valence-corrected chi connectivity index (χ4v) is 2.72. The number of nitrogens with two attached hydrogens (primary N) is 1. The number of aryl methyl sites for hydroxylation is 1. The molecule has 0 saturated heterocycles. The normalized spacial score (nSPS) is 23.7. The van der Waals surface area contributed by atoms with Crippen LogP contribution in [0, 0.1) is 5.92 Å². The molecule has 102 valence electrons. The van der Waals surface area contributed by atoms with Gasteiger partial charge in [-0.3, -0.25) is 0 Å². The molecule has 2 aromatic heterocycles. The van der Waals surface area contributed by atoms with E-state index in [1.165, 1.54) is 12.8 Å². The molecular weight excluding hydrogens is 242 g/mol. The van der Waals surface area contributed by atoms with Crippen molar-refractivity contribution in [3.63, 3.8) is 0 Å². The first kappa shape index (κ1) is 12.3. The average Bonchev–Trinajstić information content (AvgIpc) is 3.01. The van der Waals surface area contributed by atoms with Crippen molar-refractivity contribution in [2.45, 2.75) is 38.1 Å². The molecule has 1 aliphatic carbocycles. The van der Waals surface area contributed by atoms with Crippen LogP contribution in [-0.4, -0.2) is 25.7 Å². The van der Waals surface area contributed by atoms with Crippen molar-refractivity contribution >= 4 is 0 Å². The zero-order valence-electron chi connectivity index (χ0n) is 11.1. The summed E-state index contributed by atoms with van der Waals surface area (Å²) >= 11 is 0. The second kappa shape index (κ2) is 5.13. The molecule has 1 fully saturated rings. The van der Waals surface area contributed by atoms with E-state index in [9.17, 15) is 0 Å². The third-order valence-electron chi connectivity index (χ3n) is 3.89. The Balaban J connectivity index is 1.73. The van der Waals surface area contributed by atoms with Gasteiger partial charge >= 0.3 is 0 Å². The summed E-state index contributed by atoms with van der Waals surface area (Å²) in [6.45, 7) is 0. The summed E-state index contributed by atoms with van der Waals surface area (Å²) in [6.07, 6.45) is 9.11. The van der Waals surface area contributed by atoms with Crippen LogP contribution in [0.5, 0.6) is 0 Å². The monoisotopic (exact) mass is 261 g/mol. The third kappa shape index (κ3) is 2.53. The zero-order valence-corrected chi connectivity index (χ0v) is 11.1. The second-order valence-electron chi connectivity index (χ2n) is 5.29. The van der Waals surface area contributed by atoms with Gasteiger partial charge < -0.3 is 14.8 Å². The quantitative estimate of drug-likeness (QED) is 0.906. The molecule has 1 saturated carbocycles. The summed E-state index contributed by atoms with van der Waals surface area (Å²) in [5.41, 5.74) is 6.15. The Morgan fingerprint density at radius 1 is 1.42 bits per heavy atom. The van der Waals surface area contributed by atoms with Gasteiger partial charge in [-0.1, -0.05) is 18.0 Å². The van der Waals surface area contributed by atoms with Crippen LogP contribution in [0.25, 0.3) is 11.6 Å². The highest BCUT2D eigenvalue weighted by molar-refractivity contribution is 5.42. The number of imidazole rings is 1. The van der Waals surface area contributed by atoms with Crippen LogP contribution in [0.3, 0.4) is 0 Å². The van der Waals surface area contributed by atoms with Crippen molar-refractivity contribution in [2.75, 3.05) is 0 Å². The molecule has 3 rings (SSSR count). The standard InChI is InChI=1S/C13H19N5O/c1-18-7-6-15-13(18)12-16-11(19-17-12)8-9-4-2-3-5-10(9)14/h6-7,9-10H,2-5,8,14H2,1H3. The molecule has 1 aliphatic rings. The topological polar surface area (TPSA) is 82.8 Å². The van der Waals surface area contributed by atoms with E-state index in [1.54, 1.807) is 6.20 Å². The molecule has 0 aromatic carbocycles. The molecule has 2 atom stereocenters. The highest BCUT2D eigenvalue weighted by atomic mass is 16.5. The highest BCUT2D eigenvalue weighted by Crippen LogP contribution is 2.26. The predicted octanol–water partition coefficient (Wildman–Crippen LogP) is 1.53. The SMILES string of the molecule is Cn1ccnc1-c1noc(CC2CCCCC2N)n1. The van der Waals surface area contributed by atoms with Crippen LogP contribution in [-0.2, 0) is 13.5 Å². The van der Waals surface area contributed by atoms with Crippen molar-refractivity contribution in [2.24, 2.45) is 18.7 Å². The maximum Gasteiger partial charge on any atom is 0.238 e. The van der Waals surface area contributed by atoms with E-state index in [0.29, 0.717) is 17.6 Å². The molecule has 0 bridgehead atoms. The van der Waals surface area contributed by atoms with Gasteiger partial charge in [-0.2, -0.15) is 4.98 Å². The van der Waals surface area contributed by atoms with Crippen LogP contribution >= 0.6 is 0 Å². The van der Waals surface area contributed by atoms with E-state index in [4.69, 9.17) is 10.3 Å². The summed E-state index contributed by atoms with van der Waals surface area (Å²) in [5.74, 6) is 2.40. The molecule has 19 heavy (non-hydrogen) atoms. The Bertz CT molecular complexity index is 547. The van der Waals surface area contributed by atoms with Crippen LogP contribution in [0.15, 0.2) is 16.9 Å². The highest BCUT2D eigenvalue weighted by Gasteiger charge is 2.24. The lowest BCUT2D eigenvalue weighted by Gasteiger charge is -2.27. The van der Waals surface area contributed by atoms with Gasteiger partial charge in [-0.05, 0) is 18.8 Å². The van der Waals surface area contributed by atoms with Crippen molar-refractivity contribution in [1.82, 2.24) is 19.7 Å². The summed E-state index contributed by atoms with van der Waals surface area (Å²) < 4.78 is 7.20. The molecule has 2 N–H and O–H groups in total. The Morgan fingerprint density at radius 3 is 3.00 bits per heavy atom. The van der Waals surface area contributed by atoms with E-state index in [-0.39, 0.29) is 6.04 Å². The van der Waals surface area contributed by atoms with E-state index >= 15 is 0 Å². The molecular formula is C13H19N5O. The van der Waals surface area contributed by atoms with Crippen LogP contribution < -0.4 is 5.73 Å². The maximum absolute atomic E-state index is 6.15. The van der Waals surface area contributed by atoms with Gasteiger partial charge in [0, 0.05) is 31.9 Å². The Labute approximate surface area is 112 Å². The van der Waals surface area contributed by atoms with Gasteiger partial charge in [-0.15, -0.1) is 0 Å². The average molecular weight is 261 g/mol. The predicted molar refractivity (Wildman–Crippen MR) is 70.1 cm³/mol. The van der Waals surface area contributed by atoms with Crippen LogP contribution in [0.2, 0.25) is 0 Å². The Morgan fingerprint density at radius 2 is 2.26 bits per heavy atom. The van der Waals surface area contributed by atoms with Crippen molar-refractivity contribution in [1.29, 1.82) is 0 Å². The maximum atomic E-state index is 6.15. The molecule has 0 amide bonds. The fourth-order valence-electron chi connectivity index (χ4n) is 2.72. The first-order valence-corrected chi connectivity index (χ1v) is 6.80. The van der Waals surface area contributed by atoms with Crippen molar-refractivity contribution in [3.05, 3.63) is 18.3 Å². The molecule has 6 nitrogen and oxygen atoms in total. The minimum absolute atomic E-state index is 0.261. The number of hydrogen-bond donors (Lipinski definition) is 1. The summed E-state index contributed by atoms with van der Waals surface area (Å²) in [4.78, 5) is 8.64. The van der Waals surface area contributed by atoms with Gasteiger partial charge in [0.2, 0.25) is 11.7 Å².